The Kier molecular flexibility index (Phi) is 4.53. The number of nitrogens with zero attached hydrogens (tertiary/aromatic N) is 1. The van der Waals surface area contributed by atoms with Crippen molar-refractivity contribution in [2.24, 2.45) is 4.99 Å². The smallest absolute Gasteiger partial charge is 0.237 e. The number of hydrogen-bond donors (Lipinski definition) is 1. The Morgan fingerprint density at radius 1 is 1.13 bits per heavy atom. The van der Waals surface area contributed by atoms with Crippen molar-refractivity contribution in [2.45, 2.75) is 32.4 Å². The Hall–Kier alpha value is -2.07. The van der Waals surface area contributed by atoms with Gasteiger partial charge in [-0.15, -0.1) is 0 Å². The lowest BCUT2D eigenvalue weighted by atomic mass is 10.1. The third kappa shape index (κ3) is 3.48. The summed E-state index contributed by atoms with van der Waals surface area (Å²) in [5.41, 5.74) is 5.35. The molecule has 0 radical (unpaired) electrons. The fraction of sp³-hybridized carbons (Fsp3) is 0.263. The van der Waals surface area contributed by atoms with Gasteiger partial charge in [0.2, 0.25) is 5.91 Å². The van der Waals surface area contributed by atoms with Crippen LogP contribution < -0.4 is 5.32 Å². The number of carbonyl (C=O) groups excluding carboxylic acids is 1. The van der Waals surface area contributed by atoms with E-state index in [9.17, 15) is 4.79 Å². The summed E-state index contributed by atoms with van der Waals surface area (Å²) in [5, 5.41) is 3.89. The minimum absolute atomic E-state index is 0.0195. The topological polar surface area (TPSA) is 41.5 Å². The molecule has 0 aliphatic carbocycles. The van der Waals surface area contributed by atoms with E-state index in [0.29, 0.717) is 0 Å². The van der Waals surface area contributed by atoms with E-state index < -0.39 is 0 Å². The lowest BCUT2D eigenvalue weighted by Crippen LogP contribution is -2.24. The van der Waals surface area contributed by atoms with Gasteiger partial charge in [0.05, 0.1) is 16.0 Å². The first-order valence-electron chi connectivity index (χ1n) is 7.74. The summed E-state index contributed by atoms with van der Waals surface area (Å²) in [6, 6.07) is 14.2. The Bertz CT molecular complexity index is 762. The second-order valence-electron chi connectivity index (χ2n) is 5.83. The summed E-state index contributed by atoms with van der Waals surface area (Å²) in [6.45, 7) is 5.95. The van der Waals surface area contributed by atoms with E-state index in [1.807, 2.05) is 57.2 Å². The van der Waals surface area contributed by atoms with Gasteiger partial charge >= 0.3 is 0 Å². The van der Waals surface area contributed by atoms with Gasteiger partial charge in [-0.1, -0.05) is 48.2 Å². The van der Waals surface area contributed by atoms with Crippen LogP contribution in [0.3, 0.4) is 0 Å². The van der Waals surface area contributed by atoms with Gasteiger partial charge in [0.25, 0.3) is 0 Å². The molecule has 3 nitrogen and oxygen atoms in total. The van der Waals surface area contributed by atoms with Crippen molar-refractivity contribution in [3.05, 3.63) is 59.2 Å². The largest absolute Gasteiger partial charge is 0.325 e. The number of carbonyl (C=O) groups is 1. The fourth-order valence-electron chi connectivity index (χ4n) is 2.67. The van der Waals surface area contributed by atoms with Crippen LogP contribution in [0.4, 0.5) is 11.4 Å². The second kappa shape index (κ2) is 6.59. The highest BCUT2D eigenvalue weighted by molar-refractivity contribution is 8.15. The lowest BCUT2D eigenvalue weighted by Gasteiger charge is -2.15. The first-order chi connectivity index (χ1) is 11.0. The van der Waals surface area contributed by atoms with E-state index >= 15 is 0 Å². The molecule has 1 atom stereocenters. The fourth-order valence-corrected chi connectivity index (χ4v) is 3.63. The number of hydrogen-bond acceptors (Lipinski definition) is 3. The first kappa shape index (κ1) is 15.8. The number of benzene rings is 2. The highest BCUT2D eigenvalue weighted by Gasteiger charge is 2.21. The van der Waals surface area contributed by atoms with Gasteiger partial charge in [0.1, 0.15) is 0 Å². The summed E-state index contributed by atoms with van der Waals surface area (Å²) < 4.78 is 0. The van der Waals surface area contributed by atoms with E-state index in [0.717, 1.165) is 34.0 Å². The highest BCUT2D eigenvalue weighted by Crippen LogP contribution is 2.31. The maximum Gasteiger partial charge on any atom is 0.237 e. The number of anilines is 1. The summed E-state index contributed by atoms with van der Waals surface area (Å²) in [4.78, 5) is 17.1. The monoisotopic (exact) mass is 324 g/mol. The third-order valence-electron chi connectivity index (χ3n) is 3.99. The van der Waals surface area contributed by atoms with Crippen molar-refractivity contribution in [1.82, 2.24) is 0 Å². The molecule has 1 aliphatic rings. The number of aryl methyl sites for hydroxylation is 2. The van der Waals surface area contributed by atoms with Crippen molar-refractivity contribution in [1.29, 1.82) is 0 Å². The van der Waals surface area contributed by atoms with Gasteiger partial charge in [0.15, 0.2) is 0 Å². The molecule has 1 amide bonds. The zero-order valence-electron chi connectivity index (χ0n) is 13.6. The molecule has 0 aromatic heterocycles. The normalized spacial score (nSPS) is 14.1. The quantitative estimate of drug-likeness (QED) is 0.893. The van der Waals surface area contributed by atoms with E-state index in [2.05, 4.69) is 16.4 Å². The average molecular weight is 324 g/mol. The molecule has 0 saturated heterocycles. The minimum atomic E-state index is -0.179. The van der Waals surface area contributed by atoms with Crippen molar-refractivity contribution in [3.63, 3.8) is 0 Å². The zero-order valence-corrected chi connectivity index (χ0v) is 14.4. The van der Waals surface area contributed by atoms with Gasteiger partial charge in [0, 0.05) is 12.1 Å². The Morgan fingerprint density at radius 3 is 2.52 bits per heavy atom. The van der Waals surface area contributed by atoms with Gasteiger partial charge in [-0.05, 0) is 43.5 Å². The molecule has 0 saturated carbocycles. The third-order valence-corrected chi connectivity index (χ3v) is 5.07. The van der Waals surface area contributed by atoms with Crippen molar-refractivity contribution in [2.75, 3.05) is 5.32 Å². The second-order valence-corrected chi connectivity index (χ2v) is 7.24. The van der Waals surface area contributed by atoms with Gasteiger partial charge < -0.3 is 5.32 Å². The maximum atomic E-state index is 12.5. The number of para-hydroxylation sites is 2. The van der Waals surface area contributed by atoms with E-state index in [4.69, 9.17) is 0 Å². The highest BCUT2D eigenvalue weighted by atomic mass is 32.2. The van der Waals surface area contributed by atoms with E-state index in [-0.39, 0.29) is 11.2 Å². The van der Waals surface area contributed by atoms with Crippen LogP contribution >= 0.6 is 11.8 Å². The molecule has 118 valence electrons. The van der Waals surface area contributed by atoms with Crippen LogP contribution in [-0.4, -0.2) is 16.2 Å². The Morgan fingerprint density at radius 2 is 1.83 bits per heavy atom. The standard InChI is InChI=1S/C19H20N2OS/c1-12-7-6-8-13(2)18(12)21-19(22)14(3)23-17-11-15-9-4-5-10-16(15)20-17/h4-10,14H,11H2,1-3H3,(H,21,22). The molecule has 2 aromatic rings. The van der Waals surface area contributed by atoms with Crippen LogP contribution in [-0.2, 0) is 11.2 Å². The lowest BCUT2D eigenvalue weighted by molar-refractivity contribution is -0.115. The molecule has 1 N–H and O–H groups in total. The van der Waals surface area contributed by atoms with Crippen LogP contribution in [0.5, 0.6) is 0 Å². The summed E-state index contributed by atoms with van der Waals surface area (Å²) in [7, 11) is 0. The molecule has 1 aliphatic heterocycles. The predicted molar refractivity (Wildman–Crippen MR) is 98.8 cm³/mol. The van der Waals surface area contributed by atoms with Crippen LogP contribution in [0.1, 0.15) is 23.6 Å². The molecular weight excluding hydrogens is 304 g/mol. The number of fused-ring (bicyclic) bond motifs is 1. The molecule has 23 heavy (non-hydrogen) atoms. The molecule has 1 heterocycles. The summed E-state index contributed by atoms with van der Waals surface area (Å²) >= 11 is 1.54. The SMILES string of the molecule is Cc1cccc(C)c1NC(=O)C(C)SC1=Nc2ccccc2C1. The number of amides is 1. The van der Waals surface area contributed by atoms with Crippen molar-refractivity contribution >= 4 is 34.1 Å². The Labute approximate surface area is 141 Å². The molecule has 2 aromatic carbocycles. The van der Waals surface area contributed by atoms with Gasteiger partial charge in [-0.3, -0.25) is 4.79 Å². The number of thioether (sulfide) groups is 1. The van der Waals surface area contributed by atoms with Crippen molar-refractivity contribution in [3.8, 4) is 0 Å². The zero-order chi connectivity index (χ0) is 16.4. The molecule has 4 heteroatoms. The summed E-state index contributed by atoms with van der Waals surface area (Å²) in [6.07, 6.45) is 0.821. The molecule has 0 spiro atoms. The van der Waals surface area contributed by atoms with Crippen LogP contribution in [0.15, 0.2) is 47.5 Å². The van der Waals surface area contributed by atoms with Gasteiger partial charge in [-0.25, -0.2) is 4.99 Å². The number of rotatable bonds is 3. The van der Waals surface area contributed by atoms with E-state index in [1.165, 1.54) is 5.56 Å². The van der Waals surface area contributed by atoms with Crippen LogP contribution in [0.25, 0.3) is 0 Å². The summed E-state index contributed by atoms with van der Waals surface area (Å²) in [5.74, 6) is 0.0195. The maximum absolute atomic E-state index is 12.5. The molecule has 0 bridgehead atoms. The van der Waals surface area contributed by atoms with Gasteiger partial charge in [-0.2, -0.15) is 0 Å². The molecule has 1 unspecified atom stereocenters. The molecular formula is C19H20N2OS. The number of aliphatic imine (C=N–C) groups is 1. The van der Waals surface area contributed by atoms with Crippen LogP contribution in [0.2, 0.25) is 0 Å². The van der Waals surface area contributed by atoms with E-state index in [1.54, 1.807) is 11.8 Å². The molecule has 3 rings (SSSR count). The van der Waals surface area contributed by atoms with Crippen LogP contribution in [0, 0.1) is 13.8 Å². The Balaban J connectivity index is 1.65. The first-order valence-corrected chi connectivity index (χ1v) is 8.62. The minimum Gasteiger partial charge on any atom is -0.325 e. The average Bonchev–Trinajstić information content (AvgIpc) is 2.93. The number of nitrogens with one attached hydrogen (secondary N) is 1. The predicted octanol–water partition coefficient (Wildman–Crippen LogP) is 4.65. The molecule has 0 fully saturated rings. The van der Waals surface area contributed by atoms with Crippen molar-refractivity contribution < 1.29 is 4.79 Å².